The number of aromatic nitrogens is 1. The Kier molecular flexibility index (Phi) is 4.77. The van der Waals surface area contributed by atoms with Crippen LogP contribution in [0.1, 0.15) is 13.3 Å². The molecule has 4 heteroatoms. The Labute approximate surface area is 90.9 Å². The van der Waals surface area contributed by atoms with Crippen LogP contribution in [0.25, 0.3) is 0 Å². The lowest BCUT2D eigenvalue weighted by Crippen LogP contribution is -1.99. The van der Waals surface area contributed by atoms with Crippen molar-refractivity contribution in [2.75, 3.05) is 6.61 Å². The summed E-state index contributed by atoms with van der Waals surface area (Å²) in [7, 11) is 0. The van der Waals surface area contributed by atoms with Crippen LogP contribution in [0.4, 0.5) is 0 Å². The smallest absolute Gasteiger partial charge is 0.0963 e. The number of pyridine rings is 1. The monoisotopic (exact) mass is 261 g/mol. The van der Waals surface area contributed by atoms with E-state index in [1.165, 1.54) is 0 Å². The molecule has 13 heavy (non-hydrogen) atoms. The van der Waals surface area contributed by atoms with E-state index in [2.05, 4.69) is 27.8 Å². The molecule has 0 amide bonds. The summed E-state index contributed by atoms with van der Waals surface area (Å²) >= 11 is 5.02. The third-order valence-electron chi connectivity index (χ3n) is 1.56. The summed E-state index contributed by atoms with van der Waals surface area (Å²) in [5.41, 5.74) is 0. The van der Waals surface area contributed by atoms with Crippen molar-refractivity contribution in [1.82, 2.24) is 4.98 Å². The van der Waals surface area contributed by atoms with E-state index in [0.717, 1.165) is 15.9 Å². The van der Waals surface area contributed by atoms with Gasteiger partial charge in [0.05, 0.1) is 5.03 Å². The molecule has 0 aliphatic heterocycles. The van der Waals surface area contributed by atoms with Crippen LogP contribution in [-0.2, 0) is 0 Å². The highest BCUT2D eigenvalue weighted by Gasteiger charge is 2.03. The molecule has 1 unspecified atom stereocenters. The van der Waals surface area contributed by atoms with Crippen molar-refractivity contribution in [3.63, 3.8) is 0 Å². The highest BCUT2D eigenvalue weighted by Crippen LogP contribution is 2.23. The summed E-state index contributed by atoms with van der Waals surface area (Å²) in [5, 5.41) is 10.1. The Bertz CT molecular complexity index is 252. The summed E-state index contributed by atoms with van der Waals surface area (Å²) < 4.78 is 0.992. The second-order valence-corrected chi connectivity index (χ2v) is 5.13. The number of hydrogen-bond donors (Lipinski definition) is 1. The van der Waals surface area contributed by atoms with Crippen molar-refractivity contribution in [1.29, 1.82) is 0 Å². The molecular weight excluding hydrogens is 250 g/mol. The lowest BCUT2D eigenvalue weighted by atomic mass is 10.3. The van der Waals surface area contributed by atoms with Gasteiger partial charge in [0.2, 0.25) is 0 Å². The van der Waals surface area contributed by atoms with Crippen LogP contribution in [0, 0.1) is 0 Å². The number of hydrogen-bond acceptors (Lipinski definition) is 3. The van der Waals surface area contributed by atoms with Gasteiger partial charge in [-0.25, -0.2) is 4.98 Å². The average molecular weight is 262 g/mol. The number of halogens is 1. The Morgan fingerprint density at radius 3 is 2.92 bits per heavy atom. The molecule has 0 fully saturated rings. The third kappa shape index (κ3) is 4.11. The van der Waals surface area contributed by atoms with Crippen LogP contribution in [0.15, 0.2) is 27.8 Å². The summed E-state index contributed by atoms with van der Waals surface area (Å²) in [5.74, 6) is 0. The number of aliphatic hydroxyl groups excluding tert-OH is 1. The van der Waals surface area contributed by atoms with Gasteiger partial charge in [-0.3, -0.25) is 0 Å². The van der Waals surface area contributed by atoms with Gasteiger partial charge in [0, 0.05) is 22.5 Å². The maximum Gasteiger partial charge on any atom is 0.0963 e. The Morgan fingerprint density at radius 2 is 2.38 bits per heavy atom. The molecule has 1 N–H and O–H groups in total. The second kappa shape index (κ2) is 5.62. The number of aliphatic hydroxyl groups is 1. The molecule has 1 aromatic rings. The quantitative estimate of drug-likeness (QED) is 0.847. The lowest BCUT2D eigenvalue weighted by Gasteiger charge is -2.07. The zero-order chi connectivity index (χ0) is 9.68. The van der Waals surface area contributed by atoms with Crippen molar-refractivity contribution >= 4 is 27.7 Å². The topological polar surface area (TPSA) is 33.1 Å². The van der Waals surface area contributed by atoms with Crippen molar-refractivity contribution in [2.45, 2.75) is 23.6 Å². The first-order valence-electron chi connectivity index (χ1n) is 4.11. The van der Waals surface area contributed by atoms with Gasteiger partial charge in [0.15, 0.2) is 0 Å². The lowest BCUT2D eigenvalue weighted by molar-refractivity contribution is 0.289. The van der Waals surface area contributed by atoms with Gasteiger partial charge in [-0.1, -0.05) is 6.92 Å². The van der Waals surface area contributed by atoms with Crippen LogP contribution in [0.5, 0.6) is 0 Å². The SMILES string of the molecule is CC(CCO)Sc1ccc(Br)cn1. The summed E-state index contributed by atoms with van der Waals surface area (Å²) in [6.07, 6.45) is 2.59. The van der Waals surface area contributed by atoms with Gasteiger partial charge < -0.3 is 5.11 Å². The summed E-state index contributed by atoms with van der Waals surface area (Å²) in [6.45, 7) is 2.33. The molecule has 1 atom stereocenters. The Morgan fingerprint density at radius 1 is 1.62 bits per heavy atom. The number of nitrogens with zero attached hydrogens (tertiary/aromatic N) is 1. The second-order valence-electron chi connectivity index (χ2n) is 2.76. The maximum absolute atomic E-state index is 8.72. The van der Waals surface area contributed by atoms with Gasteiger partial charge in [-0.2, -0.15) is 0 Å². The molecule has 0 aromatic carbocycles. The largest absolute Gasteiger partial charge is 0.396 e. The van der Waals surface area contributed by atoms with Crippen LogP contribution >= 0.6 is 27.7 Å². The third-order valence-corrected chi connectivity index (χ3v) is 3.15. The molecule has 0 radical (unpaired) electrons. The van der Waals surface area contributed by atoms with E-state index < -0.39 is 0 Å². The van der Waals surface area contributed by atoms with E-state index in [9.17, 15) is 0 Å². The van der Waals surface area contributed by atoms with Crippen LogP contribution < -0.4 is 0 Å². The molecule has 1 aromatic heterocycles. The predicted molar refractivity (Wildman–Crippen MR) is 59.0 cm³/mol. The van der Waals surface area contributed by atoms with Gasteiger partial charge in [0.1, 0.15) is 0 Å². The highest BCUT2D eigenvalue weighted by atomic mass is 79.9. The fourth-order valence-electron chi connectivity index (χ4n) is 0.879. The molecule has 1 heterocycles. The fraction of sp³-hybridized carbons (Fsp3) is 0.444. The van der Waals surface area contributed by atoms with E-state index in [1.807, 2.05) is 12.1 Å². The van der Waals surface area contributed by atoms with Crippen molar-refractivity contribution in [2.24, 2.45) is 0 Å². The molecule has 2 nitrogen and oxygen atoms in total. The minimum Gasteiger partial charge on any atom is -0.396 e. The van der Waals surface area contributed by atoms with E-state index in [4.69, 9.17) is 5.11 Å². The van der Waals surface area contributed by atoms with Crippen molar-refractivity contribution in [3.05, 3.63) is 22.8 Å². The number of thioether (sulfide) groups is 1. The molecule has 0 saturated carbocycles. The Balaban J connectivity index is 2.49. The van der Waals surface area contributed by atoms with Crippen LogP contribution in [0.2, 0.25) is 0 Å². The van der Waals surface area contributed by atoms with Gasteiger partial charge >= 0.3 is 0 Å². The molecular formula is C9H12BrNOS. The molecule has 1 rings (SSSR count). The molecule has 0 aliphatic rings. The van der Waals surface area contributed by atoms with Gasteiger partial charge in [0.25, 0.3) is 0 Å². The summed E-state index contributed by atoms with van der Waals surface area (Å²) in [6, 6.07) is 3.95. The molecule has 0 spiro atoms. The maximum atomic E-state index is 8.72. The van der Waals surface area contributed by atoms with E-state index in [0.29, 0.717) is 5.25 Å². The molecule has 0 saturated heterocycles. The molecule has 72 valence electrons. The standard InChI is InChI=1S/C9H12BrNOS/c1-7(4-5-12)13-9-3-2-8(10)6-11-9/h2-3,6-7,12H,4-5H2,1H3. The van der Waals surface area contributed by atoms with E-state index in [1.54, 1.807) is 18.0 Å². The first-order chi connectivity index (χ1) is 6.22. The van der Waals surface area contributed by atoms with Crippen LogP contribution in [0.3, 0.4) is 0 Å². The Hall–Kier alpha value is -0.0600. The van der Waals surface area contributed by atoms with Gasteiger partial charge in [-0.05, 0) is 34.5 Å². The van der Waals surface area contributed by atoms with Gasteiger partial charge in [-0.15, -0.1) is 11.8 Å². The zero-order valence-electron chi connectivity index (χ0n) is 7.40. The van der Waals surface area contributed by atoms with E-state index >= 15 is 0 Å². The first-order valence-corrected chi connectivity index (χ1v) is 5.78. The molecule has 0 aliphatic carbocycles. The minimum atomic E-state index is 0.241. The normalized spacial score (nSPS) is 12.8. The van der Waals surface area contributed by atoms with Crippen LogP contribution in [-0.4, -0.2) is 21.9 Å². The highest BCUT2D eigenvalue weighted by molar-refractivity contribution is 9.10. The minimum absolute atomic E-state index is 0.241. The fourth-order valence-corrected chi connectivity index (χ4v) is 2.01. The van der Waals surface area contributed by atoms with Crippen molar-refractivity contribution in [3.8, 4) is 0 Å². The predicted octanol–water partition coefficient (Wildman–Crippen LogP) is 2.71. The summed E-state index contributed by atoms with van der Waals surface area (Å²) in [4.78, 5) is 4.23. The zero-order valence-corrected chi connectivity index (χ0v) is 9.81. The first kappa shape index (κ1) is 11.0. The average Bonchev–Trinajstić information content (AvgIpc) is 2.09. The molecule has 0 bridgehead atoms. The number of rotatable bonds is 4. The van der Waals surface area contributed by atoms with E-state index in [-0.39, 0.29) is 6.61 Å². The van der Waals surface area contributed by atoms with Crippen molar-refractivity contribution < 1.29 is 5.11 Å².